The van der Waals surface area contributed by atoms with Crippen molar-refractivity contribution in [2.75, 3.05) is 13.2 Å². The monoisotopic (exact) mass is 270 g/mol. The van der Waals surface area contributed by atoms with Gasteiger partial charge in [0, 0.05) is 12.5 Å². The highest BCUT2D eigenvalue weighted by Gasteiger charge is 2.02. The van der Waals surface area contributed by atoms with E-state index in [0.717, 1.165) is 38.2 Å². The second-order valence-electron chi connectivity index (χ2n) is 4.46. The summed E-state index contributed by atoms with van der Waals surface area (Å²) >= 11 is 0. The fraction of sp³-hybridized carbons (Fsp3) is 0.733. The first-order chi connectivity index (χ1) is 9.20. The quantitative estimate of drug-likeness (QED) is 0.310. The number of rotatable bonds is 12. The van der Waals surface area contributed by atoms with Gasteiger partial charge >= 0.3 is 11.9 Å². The van der Waals surface area contributed by atoms with Crippen LogP contribution in [0.2, 0.25) is 0 Å². The molecule has 0 atom stereocenters. The lowest BCUT2D eigenvalue weighted by atomic mass is 10.2. The number of unbranched alkanes of at least 4 members (excludes halogenated alkanes) is 5. The first-order valence-corrected chi connectivity index (χ1v) is 7.15. The molecular weight excluding hydrogens is 244 g/mol. The Hall–Kier alpha value is -1.32. The summed E-state index contributed by atoms with van der Waals surface area (Å²) in [5.74, 6) is -0.522. The third-order valence-corrected chi connectivity index (χ3v) is 2.70. The Morgan fingerprint density at radius 3 is 2.21 bits per heavy atom. The second-order valence-corrected chi connectivity index (χ2v) is 4.46. The van der Waals surface area contributed by atoms with Gasteiger partial charge in [-0.05, 0) is 25.7 Å². The van der Waals surface area contributed by atoms with Crippen LogP contribution in [0.15, 0.2) is 12.7 Å². The van der Waals surface area contributed by atoms with Crippen LogP contribution in [0.5, 0.6) is 0 Å². The second kappa shape index (κ2) is 13.1. The molecule has 0 aliphatic rings. The highest BCUT2D eigenvalue weighted by molar-refractivity contribution is 5.81. The largest absolute Gasteiger partial charge is 0.466 e. The summed E-state index contributed by atoms with van der Waals surface area (Å²) in [5.41, 5.74) is 0. The summed E-state index contributed by atoms with van der Waals surface area (Å²) in [6, 6.07) is 0. The van der Waals surface area contributed by atoms with Crippen LogP contribution in [0.3, 0.4) is 0 Å². The van der Waals surface area contributed by atoms with Gasteiger partial charge < -0.3 is 9.47 Å². The molecule has 0 radical (unpaired) electrons. The van der Waals surface area contributed by atoms with Crippen molar-refractivity contribution in [2.24, 2.45) is 0 Å². The topological polar surface area (TPSA) is 52.6 Å². The van der Waals surface area contributed by atoms with Crippen LogP contribution in [-0.2, 0) is 19.1 Å². The number of esters is 2. The molecule has 0 aliphatic carbocycles. The lowest BCUT2D eigenvalue weighted by Gasteiger charge is -2.05. The maximum absolute atomic E-state index is 11.3. The van der Waals surface area contributed by atoms with E-state index >= 15 is 0 Å². The van der Waals surface area contributed by atoms with Crippen molar-refractivity contribution < 1.29 is 19.1 Å². The summed E-state index contributed by atoms with van der Waals surface area (Å²) < 4.78 is 9.94. The van der Waals surface area contributed by atoms with Gasteiger partial charge in [0.25, 0.3) is 0 Å². The van der Waals surface area contributed by atoms with Crippen molar-refractivity contribution in [1.29, 1.82) is 0 Å². The van der Waals surface area contributed by atoms with E-state index in [1.807, 2.05) is 0 Å². The number of carbonyl (C=O) groups excluding carboxylic acids is 2. The van der Waals surface area contributed by atoms with Gasteiger partial charge in [-0.15, -0.1) is 0 Å². The molecule has 0 saturated heterocycles. The zero-order chi connectivity index (χ0) is 14.3. The average Bonchev–Trinajstić information content (AvgIpc) is 2.42. The maximum Gasteiger partial charge on any atom is 0.330 e. The van der Waals surface area contributed by atoms with Gasteiger partial charge in [-0.1, -0.05) is 32.8 Å². The fourth-order valence-corrected chi connectivity index (χ4v) is 1.57. The number of carbonyl (C=O) groups is 2. The number of hydrogen-bond acceptors (Lipinski definition) is 4. The molecule has 0 aromatic rings. The van der Waals surface area contributed by atoms with Gasteiger partial charge in [0.05, 0.1) is 13.2 Å². The van der Waals surface area contributed by atoms with Gasteiger partial charge in [-0.2, -0.15) is 0 Å². The molecule has 0 saturated carbocycles. The Bertz CT molecular complexity index is 261. The summed E-state index contributed by atoms with van der Waals surface area (Å²) in [6.07, 6.45) is 8.46. The predicted octanol–water partition coefficient (Wildman–Crippen LogP) is 3.40. The molecule has 0 fully saturated rings. The molecule has 0 aromatic carbocycles. The molecule has 0 bridgehead atoms. The Labute approximate surface area is 116 Å². The third-order valence-electron chi connectivity index (χ3n) is 2.70. The van der Waals surface area contributed by atoms with E-state index in [4.69, 9.17) is 9.47 Å². The van der Waals surface area contributed by atoms with E-state index < -0.39 is 5.97 Å². The molecule has 0 heterocycles. The van der Waals surface area contributed by atoms with Crippen molar-refractivity contribution >= 4 is 11.9 Å². The minimum absolute atomic E-state index is 0.125. The van der Waals surface area contributed by atoms with E-state index in [1.165, 1.54) is 12.8 Å². The number of hydrogen-bond donors (Lipinski definition) is 0. The van der Waals surface area contributed by atoms with E-state index in [0.29, 0.717) is 19.6 Å². The van der Waals surface area contributed by atoms with Gasteiger partial charge in [-0.3, -0.25) is 4.79 Å². The Kier molecular flexibility index (Phi) is 12.2. The standard InChI is InChI=1S/C15H26O4/c1-3-5-6-9-13-19-15(17)11-8-7-10-12-18-14(16)4-2/h4H,2-3,5-13H2,1H3. The molecule has 0 aromatic heterocycles. The number of ether oxygens (including phenoxy) is 2. The van der Waals surface area contributed by atoms with Crippen LogP contribution in [0, 0.1) is 0 Å². The molecule has 19 heavy (non-hydrogen) atoms. The lowest BCUT2D eigenvalue weighted by molar-refractivity contribution is -0.144. The molecule has 110 valence electrons. The van der Waals surface area contributed by atoms with Crippen molar-refractivity contribution in [1.82, 2.24) is 0 Å². The van der Waals surface area contributed by atoms with E-state index in [1.54, 1.807) is 0 Å². The SMILES string of the molecule is C=CC(=O)OCCCCCC(=O)OCCCCCC. The summed E-state index contributed by atoms with van der Waals surface area (Å²) in [5, 5.41) is 0. The van der Waals surface area contributed by atoms with Crippen LogP contribution in [-0.4, -0.2) is 25.2 Å². The zero-order valence-electron chi connectivity index (χ0n) is 12.0. The molecule has 4 nitrogen and oxygen atoms in total. The smallest absolute Gasteiger partial charge is 0.330 e. The van der Waals surface area contributed by atoms with Crippen LogP contribution in [0.4, 0.5) is 0 Å². The van der Waals surface area contributed by atoms with Crippen LogP contribution in [0.25, 0.3) is 0 Å². The Balaban J connectivity index is 3.24. The minimum Gasteiger partial charge on any atom is -0.466 e. The van der Waals surface area contributed by atoms with Crippen molar-refractivity contribution in [3.05, 3.63) is 12.7 Å². The maximum atomic E-state index is 11.3. The molecule has 4 heteroatoms. The van der Waals surface area contributed by atoms with Crippen molar-refractivity contribution in [2.45, 2.75) is 58.3 Å². The third kappa shape index (κ3) is 12.9. The van der Waals surface area contributed by atoms with Gasteiger partial charge in [-0.25, -0.2) is 4.79 Å². The molecule has 0 aliphatic heterocycles. The van der Waals surface area contributed by atoms with E-state index in [2.05, 4.69) is 13.5 Å². The Morgan fingerprint density at radius 2 is 1.58 bits per heavy atom. The summed E-state index contributed by atoms with van der Waals surface area (Å²) in [4.78, 5) is 22.1. The van der Waals surface area contributed by atoms with Crippen molar-refractivity contribution in [3.63, 3.8) is 0 Å². The highest BCUT2D eigenvalue weighted by Crippen LogP contribution is 2.04. The Morgan fingerprint density at radius 1 is 0.947 bits per heavy atom. The normalized spacial score (nSPS) is 9.95. The minimum atomic E-state index is -0.397. The van der Waals surface area contributed by atoms with Crippen LogP contribution < -0.4 is 0 Å². The fourth-order valence-electron chi connectivity index (χ4n) is 1.57. The van der Waals surface area contributed by atoms with Crippen molar-refractivity contribution in [3.8, 4) is 0 Å². The highest BCUT2D eigenvalue weighted by atomic mass is 16.5. The lowest BCUT2D eigenvalue weighted by Crippen LogP contribution is -2.06. The summed E-state index contributed by atoms with van der Waals surface area (Å²) in [7, 11) is 0. The van der Waals surface area contributed by atoms with Crippen LogP contribution >= 0.6 is 0 Å². The zero-order valence-corrected chi connectivity index (χ0v) is 12.0. The van der Waals surface area contributed by atoms with Crippen LogP contribution in [0.1, 0.15) is 58.3 Å². The molecule has 0 unspecified atom stereocenters. The molecule has 0 rings (SSSR count). The van der Waals surface area contributed by atoms with Gasteiger partial charge in [0.2, 0.25) is 0 Å². The molecule has 0 amide bonds. The van der Waals surface area contributed by atoms with Gasteiger partial charge in [0.1, 0.15) is 0 Å². The average molecular weight is 270 g/mol. The predicted molar refractivity (Wildman–Crippen MR) is 74.7 cm³/mol. The van der Waals surface area contributed by atoms with E-state index in [-0.39, 0.29) is 5.97 Å². The first kappa shape index (κ1) is 17.7. The summed E-state index contributed by atoms with van der Waals surface area (Å²) in [6.45, 7) is 6.38. The molecular formula is C15H26O4. The van der Waals surface area contributed by atoms with Gasteiger partial charge in [0.15, 0.2) is 0 Å². The van der Waals surface area contributed by atoms with E-state index in [9.17, 15) is 9.59 Å². The molecule has 0 spiro atoms. The first-order valence-electron chi connectivity index (χ1n) is 7.15. The molecule has 0 N–H and O–H groups in total.